The second-order valence-electron chi connectivity index (χ2n) is 2.86. The van der Waals surface area contributed by atoms with Crippen molar-refractivity contribution in [2.75, 3.05) is 13.4 Å². The van der Waals surface area contributed by atoms with Crippen LogP contribution in [0.25, 0.3) is 0 Å². The van der Waals surface area contributed by atoms with Gasteiger partial charge >= 0.3 is 0 Å². The van der Waals surface area contributed by atoms with Crippen molar-refractivity contribution < 1.29 is 8.95 Å². The third-order valence-electron chi connectivity index (χ3n) is 1.77. The third-order valence-corrected chi connectivity index (χ3v) is 2.49. The van der Waals surface area contributed by atoms with Gasteiger partial charge < -0.3 is 4.74 Å². The van der Waals surface area contributed by atoms with E-state index in [1.165, 1.54) is 0 Å². The first-order chi connectivity index (χ1) is 6.67. The summed E-state index contributed by atoms with van der Waals surface area (Å²) in [5.41, 5.74) is 1.37. The number of hydrogen-bond acceptors (Lipinski definition) is 3. The average Bonchev–Trinajstić information content (AvgIpc) is 2.16. The van der Waals surface area contributed by atoms with E-state index >= 15 is 0 Å². The van der Waals surface area contributed by atoms with Gasteiger partial charge in [0.05, 0.1) is 24.5 Å². The monoisotopic (exact) mass is 209 g/mol. The molecule has 0 saturated carbocycles. The van der Waals surface area contributed by atoms with Crippen molar-refractivity contribution in [3.8, 4) is 11.8 Å². The highest BCUT2D eigenvalue weighted by Gasteiger charge is 2.05. The molecule has 0 saturated heterocycles. The molecule has 1 unspecified atom stereocenters. The molecule has 1 aromatic carbocycles. The molecule has 1 aromatic rings. The fourth-order valence-electron chi connectivity index (χ4n) is 1.18. The van der Waals surface area contributed by atoms with E-state index in [0.717, 1.165) is 5.56 Å². The van der Waals surface area contributed by atoms with E-state index in [0.29, 0.717) is 17.1 Å². The highest BCUT2D eigenvalue weighted by atomic mass is 32.2. The van der Waals surface area contributed by atoms with Crippen molar-refractivity contribution in [2.24, 2.45) is 0 Å². The Hall–Kier alpha value is -1.34. The first kappa shape index (κ1) is 10.7. The third kappa shape index (κ3) is 2.57. The molecule has 4 heteroatoms. The van der Waals surface area contributed by atoms with Crippen LogP contribution < -0.4 is 4.74 Å². The smallest absolute Gasteiger partial charge is 0.123 e. The van der Waals surface area contributed by atoms with Crippen LogP contribution in [0.15, 0.2) is 18.2 Å². The molecule has 0 heterocycles. The van der Waals surface area contributed by atoms with Gasteiger partial charge in [0.25, 0.3) is 0 Å². The van der Waals surface area contributed by atoms with Crippen LogP contribution in [0.2, 0.25) is 0 Å². The molecule has 0 aliphatic carbocycles. The summed E-state index contributed by atoms with van der Waals surface area (Å²) in [6, 6.07) is 7.15. The largest absolute Gasteiger partial charge is 0.496 e. The first-order valence-corrected chi connectivity index (χ1v) is 5.77. The highest BCUT2D eigenvalue weighted by Crippen LogP contribution is 2.20. The number of hydrogen-bond donors (Lipinski definition) is 0. The fraction of sp³-hybridized carbons (Fsp3) is 0.300. The number of nitrogens with zero attached hydrogens (tertiary/aromatic N) is 1. The predicted octanol–water partition coefficient (Wildman–Crippen LogP) is 1.45. The Kier molecular flexibility index (Phi) is 3.66. The van der Waals surface area contributed by atoms with Crippen LogP contribution in [0.1, 0.15) is 11.1 Å². The topological polar surface area (TPSA) is 50.1 Å². The van der Waals surface area contributed by atoms with Gasteiger partial charge in [-0.05, 0) is 18.2 Å². The SMILES string of the molecule is COc1ccc(C#N)cc1CS(C)=O. The molecular weight excluding hydrogens is 198 g/mol. The minimum absolute atomic E-state index is 0.415. The maximum Gasteiger partial charge on any atom is 0.123 e. The Labute approximate surface area is 85.8 Å². The number of ether oxygens (including phenoxy) is 1. The van der Waals surface area contributed by atoms with E-state index in [2.05, 4.69) is 0 Å². The van der Waals surface area contributed by atoms with Crippen LogP contribution in [0.5, 0.6) is 5.75 Å². The van der Waals surface area contributed by atoms with E-state index < -0.39 is 10.8 Å². The van der Waals surface area contributed by atoms with Gasteiger partial charge in [-0.2, -0.15) is 5.26 Å². The molecule has 0 aliphatic heterocycles. The van der Waals surface area contributed by atoms with Gasteiger partial charge in [0.1, 0.15) is 5.75 Å². The minimum Gasteiger partial charge on any atom is -0.496 e. The van der Waals surface area contributed by atoms with E-state index in [9.17, 15) is 4.21 Å². The number of rotatable bonds is 3. The van der Waals surface area contributed by atoms with E-state index in [4.69, 9.17) is 10.00 Å². The van der Waals surface area contributed by atoms with E-state index in [1.807, 2.05) is 6.07 Å². The Morgan fingerprint density at radius 3 is 2.79 bits per heavy atom. The zero-order valence-electron chi connectivity index (χ0n) is 8.11. The van der Waals surface area contributed by atoms with Crippen molar-refractivity contribution >= 4 is 10.8 Å². The van der Waals surface area contributed by atoms with Crippen molar-refractivity contribution in [1.82, 2.24) is 0 Å². The van der Waals surface area contributed by atoms with Crippen LogP contribution in [-0.2, 0) is 16.6 Å². The molecule has 74 valence electrons. The van der Waals surface area contributed by atoms with Crippen molar-refractivity contribution in [1.29, 1.82) is 5.26 Å². The van der Waals surface area contributed by atoms with Gasteiger partial charge in [-0.15, -0.1) is 0 Å². The second-order valence-corrected chi connectivity index (χ2v) is 4.29. The zero-order valence-corrected chi connectivity index (χ0v) is 8.93. The standard InChI is InChI=1S/C10H11NO2S/c1-13-10-4-3-8(6-11)5-9(10)7-14(2)12/h3-5H,7H2,1-2H3. The molecule has 0 bridgehead atoms. The molecular formula is C10H11NO2S. The zero-order chi connectivity index (χ0) is 10.6. The molecule has 3 nitrogen and oxygen atoms in total. The van der Waals surface area contributed by atoms with Crippen LogP contribution in [0.3, 0.4) is 0 Å². The lowest BCUT2D eigenvalue weighted by molar-refractivity contribution is 0.411. The van der Waals surface area contributed by atoms with Crippen LogP contribution in [0.4, 0.5) is 0 Å². The first-order valence-electron chi connectivity index (χ1n) is 4.04. The lowest BCUT2D eigenvalue weighted by Crippen LogP contribution is -1.97. The van der Waals surface area contributed by atoms with Crippen molar-refractivity contribution in [3.63, 3.8) is 0 Å². The summed E-state index contributed by atoms with van der Waals surface area (Å²) in [5, 5.41) is 8.69. The van der Waals surface area contributed by atoms with E-state index in [-0.39, 0.29) is 0 Å². The van der Waals surface area contributed by atoms with Crippen LogP contribution >= 0.6 is 0 Å². The molecule has 0 aliphatic rings. The van der Waals surface area contributed by atoms with E-state index in [1.54, 1.807) is 31.6 Å². The van der Waals surface area contributed by atoms with Gasteiger partial charge in [0.15, 0.2) is 0 Å². The Balaban J connectivity index is 3.09. The van der Waals surface area contributed by atoms with Crippen molar-refractivity contribution in [2.45, 2.75) is 5.75 Å². The second kappa shape index (κ2) is 4.77. The highest BCUT2D eigenvalue weighted by molar-refractivity contribution is 7.83. The summed E-state index contributed by atoms with van der Waals surface area (Å²) in [5.74, 6) is 1.10. The number of nitriles is 1. The van der Waals surface area contributed by atoms with Gasteiger partial charge in [-0.3, -0.25) is 4.21 Å². The lowest BCUT2D eigenvalue weighted by Gasteiger charge is -2.06. The Bertz CT molecular complexity index is 396. The lowest BCUT2D eigenvalue weighted by atomic mass is 10.1. The van der Waals surface area contributed by atoms with Gasteiger partial charge in [0, 0.05) is 22.6 Å². The summed E-state index contributed by atoms with van der Waals surface area (Å²) in [4.78, 5) is 0. The molecule has 14 heavy (non-hydrogen) atoms. The normalized spacial score (nSPS) is 11.8. The average molecular weight is 209 g/mol. The minimum atomic E-state index is -0.928. The summed E-state index contributed by atoms with van der Waals surface area (Å²) in [7, 11) is 0.631. The van der Waals surface area contributed by atoms with Crippen LogP contribution in [-0.4, -0.2) is 17.6 Å². The van der Waals surface area contributed by atoms with Gasteiger partial charge in [0.2, 0.25) is 0 Å². The Morgan fingerprint density at radius 1 is 1.57 bits per heavy atom. The summed E-state index contributed by atoms with van der Waals surface area (Å²) < 4.78 is 16.2. The quantitative estimate of drug-likeness (QED) is 0.757. The molecule has 1 atom stereocenters. The predicted molar refractivity (Wildman–Crippen MR) is 55.5 cm³/mol. The summed E-state index contributed by atoms with van der Waals surface area (Å²) in [6.45, 7) is 0. The summed E-state index contributed by atoms with van der Waals surface area (Å²) in [6.07, 6.45) is 1.62. The molecule has 1 rings (SSSR count). The molecule has 0 radical (unpaired) electrons. The molecule has 0 fully saturated rings. The maximum absolute atomic E-state index is 11.1. The maximum atomic E-state index is 11.1. The molecule has 0 amide bonds. The summed E-state index contributed by atoms with van der Waals surface area (Å²) >= 11 is 0. The molecule has 0 N–H and O–H groups in total. The van der Waals surface area contributed by atoms with Gasteiger partial charge in [-0.25, -0.2) is 0 Å². The molecule has 0 aromatic heterocycles. The molecule has 0 spiro atoms. The van der Waals surface area contributed by atoms with Crippen molar-refractivity contribution in [3.05, 3.63) is 29.3 Å². The fourth-order valence-corrected chi connectivity index (χ4v) is 1.84. The number of methoxy groups -OCH3 is 1. The van der Waals surface area contributed by atoms with Crippen LogP contribution in [0, 0.1) is 11.3 Å². The van der Waals surface area contributed by atoms with Gasteiger partial charge in [-0.1, -0.05) is 0 Å². The number of benzene rings is 1. The Morgan fingerprint density at radius 2 is 2.29 bits per heavy atom.